The lowest BCUT2D eigenvalue weighted by Gasteiger charge is -2.29. The van der Waals surface area contributed by atoms with Crippen LogP contribution in [0.4, 0.5) is 29.3 Å². The molecule has 9 nitrogen and oxygen atoms in total. The number of nitrogens with one attached hydrogen (secondary N) is 3. The van der Waals surface area contributed by atoms with Crippen molar-refractivity contribution in [2.75, 3.05) is 10.2 Å². The third kappa shape index (κ3) is 4.26. The predicted molar refractivity (Wildman–Crippen MR) is 107 cm³/mol. The van der Waals surface area contributed by atoms with Gasteiger partial charge in [0.1, 0.15) is 0 Å². The van der Waals surface area contributed by atoms with Crippen LogP contribution in [-0.2, 0) is 19.6 Å². The van der Waals surface area contributed by atoms with E-state index in [9.17, 15) is 36.0 Å². The quantitative estimate of drug-likeness (QED) is 0.556. The second kappa shape index (κ2) is 8.07. The number of halogens is 4. The average molecular weight is 491 g/mol. The average Bonchev–Trinajstić information content (AvgIpc) is 2.93. The van der Waals surface area contributed by atoms with Crippen LogP contribution in [0.25, 0.3) is 0 Å². The second-order valence-electron chi connectivity index (χ2n) is 6.61. The Hall–Kier alpha value is -3.16. The van der Waals surface area contributed by atoms with Gasteiger partial charge in [0, 0.05) is 17.6 Å². The van der Waals surface area contributed by atoms with Gasteiger partial charge in [0.15, 0.2) is 0 Å². The van der Waals surface area contributed by atoms with Gasteiger partial charge in [0.2, 0.25) is 15.9 Å². The van der Waals surface area contributed by atoms with Crippen LogP contribution in [0.3, 0.4) is 0 Å². The number of hydrogen-bond donors (Lipinski definition) is 3. The molecule has 0 unspecified atom stereocenters. The topological polar surface area (TPSA) is 125 Å². The molecule has 1 fully saturated rings. The van der Waals surface area contributed by atoms with Crippen molar-refractivity contribution in [1.82, 2.24) is 10.0 Å². The molecule has 0 aliphatic carbocycles. The number of urea groups is 1. The molecular weight excluding hydrogens is 477 g/mol. The number of carbonyl (C=O) groups excluding carboxylic acids is 3. The third-order valence-corrected chi connectivity index (χ3v) is 6.02. The lowest BCUT2D eigenvalue weighted by molar-refractivity contribution is -0.194. The van der Waals surface area contributed by atoms with Crippen molar-refractivity contribution >= 4 is 50.8 Å². The molecule has 1 saturated heterocycles. The standard InChI is InChI=1S/C18H14ClF3N4O5S/c1-10(27)23-12-4-8-14(9-5-12)32(30,31)25-17(18(20,21)22)15(28)26(16(29)24-17)13-6-2-11(19)3-7-13/h2-9,25H,1H3,(H,23,27)(H,24,29)/t17-/m0/s1. The highest BCUT2D eigenvalue weighted by molar-refractivity contribution is 7.89. The molecule has 2 aromatic carbocycles. The zero-order valence-corrected chi connectivity index (χ0v) is 17.6. The van der Waals surface area contributed by atoms with Crippen LogP contribution in [0.5, 0.6) is 0 Å². The molecule has 0 spiro atoms. The minimum Gasteiger partial charge on any atom is -0.326 e. The van der Waals surface area contributed by atoms with Crippen LogP contribution in [0.1, 0.15) is 6.92 Å². The molecule has 2 aromatic rings. The summed E-state index contributed by atoms with van der Waals surface area (Å²) in [6.45, 7) is 1.21. The van der Waals surface area contributed by atoms with E-state index >= 15 is 0 Å². The van der Waals surface area contributed by atoms with E-state index in [2.05, 4.69) is 5.32 Å². The van der Waals surface area contributed by atoms with Gasteiger partial charge < -0.3 is 10.6 Å². The molecule has 1 aliphatic heterocycles. The largest absolute Gasteiger partial charge is 0.435 e. The molecule has 32 heavy (non-hydrogen) atoms. The molecule has 4 amide bonds. The molecular formula is C18H14ClF3N4O5S. The van der Waals surface area contributed by atoms with E-state index in [4.69, 9.17) is 11.6 Å². The molecule has 0 aromatic heterocycles. The maximum absolute atomic E-state index is 14.0. The highest BCUT2D eigenvalue weighted by Gasteiger charge is 2.69. The fourth-order valence-corrected chi connectivity index (χ4v) is 4.25. The van der Waals surface area contributed by atoms with Gasteiger partial charge in [-0.25, -0.2) is 18.1 Å². The zero-order valence-electron chi connectivity index (χ0n) is 16.0. The van der Waals surface area contributed by atoms with Crippen LogP contribution < -0.4 is 20.3 Å². The van der Waals surface area contributed by atoms with Gasteiger partial charge in [-0.1, -0.05) is 11.6 Å². The highest BCUT2D eigenvalue weighted by Crippen LogP contribution is 2.37. The first kappa shape index (κ1) is 23.5. The van der Waals surface area contributed by atoms with Crippen LogP contribution in [0.15, 0.2) is 53.4 Å². The Kier molecular flexibility index (Phi) is 5.93. The summed E-state index contributed by atoms with van der Waals surface area (Å²) in [4.78, 5) is 35.6. The Bertz CT molecular complexity index is 1190. The molecule has 0 radical (unpaired) electrons. The van der Waals surface area contributed by atoms with E-state index in [1.54, 1.807) is 0 Å². The molecule has 0 bridgehead atoms. The molecule has 1 aliphatic rings. The molecule has 3 N–H and O–H groups in total. The second-order valence-corrected chi connectivity index (χ2v) is 8.72. The van der Waals surface area contributed by atoms with Crippen molar-refractivity contribution in [2.24, 2.45) is 0 Å². The molecule has 3 rings (SSSR count). The van der Waals surface area contributed by atoms with Crippen molar-refractivity contribution in [3.05, 3.63) is 53.6 Å². The van der Waals surface area contributed by atoms with Crippen molar-refractivity contribution < 1.29 is 36.0 Å². The molecule has 14 heteroatoms. The zero-order chi connectivity index (χ0) is 23.9. The minimum absolute atomic E-state index is 0.159. The van der Waals surface area contributed by atoms with E-state index < -0.39 is 44.6 Å². The first-order chi connectivity index (χ1) is 14.8. The summed E-state index contributed by atoms with van der Waals surface area (Å²) in [6, 6.07) is 7.39. The SMILES string of the molecule is CC(=O)Nc1ccc(S(=O)(=O)N[C@@]2(C(F)(F)F)NC(=O)N(c3ccc(Cl)cc3)C2=O)cc1. The van der Waals surface area contributed by atoms with Crippen molar-refractivity contribution in [3.63, 3.8) is 0 Å². The fraction of sp³-hybridized carbons (Fsp3) is 0.167. The normalized spacial score (nSPS) is 19.1. The van der Waals surface area contributed by atoms with Gasteiger partial charge in [-0.2, -0.15) is 17.9 Å². The third-order valence-electron chi connectivity index (χ3n) is 4.30. The maximum atomic E-state index is 14.0. The van der Waals surface area contributed by atoms with Crippen molar-refractivity contribution in [2.45, 2.75) is 23.7 Å². The molecule has 0 saturated carbocycles. The number of alkyl halides is 3. The number of nitrogens with zero attached hydrogens (tertiary/aromatic N) is 1. The van der Waals surface area contributed by atoms with Gasteiger partial charge in [-0.3, -0.25) is 9.59 Å². The summed E-state index contributed by atoms with van der Waals surface area (Å²) in [7, 11) is -4.97. The Morgan fingerprint density at radius 1 is 1.06 bits per heavy atom. The number of rotatable bonds is 5. The number of sulfonamides is 1. The van der Waals surface area contributed by atoms with Crippen LogP contribution in [0, 0.1) is 0 Å². The van der Waals surface area contributed by atoms with Crippen molar-refractivity contribution in [1.29, 1.82) is 0 Å². The number of hydrogen-bond acceptors (Lipinski definition) is 5. The fourth-order valence-electron chi connectivity index (χ4n) is 2.85. The number of amides is 4. The summed E-state index contributed by atoms with van der Waals surface area (Å²) >= 11 is 5.71. The Labute approximate surface area is 184 Å². The van der Waals surface area contributed by atoms with E-state index in [1.807, 2.05) is 0 Å². The van der Waals surface area contributed by atoms with Gasteiger partial charge >= 0.3 is 12.2 Å². The van der Waals surface area contributed by atoms with Gasteiger partial charge in [-0.15, -0.1) is 0 Å². The maximum Gasteiger partial charge on any atom is 0.435 e. The van der Waals surface area contributed by atoms with E-state index in [0.717, 1.165) is 36.4 Å². The van der Waals surface area contributed by atoms with Crippen LogP contribution >= 0.6 is 11.6 Å². The first-order valence-corrected chi connectivity index (χ1v) is 10.5. The predicted octanol–water partition coefficient (Wildman–Crippen LogP) is 2.59. The Balaban J connectivity index is 2.00. The van der Waals surface area contributed by atoms with Gasteiger partial charge in [0.25, 0.3) is 11.6 Å². The number of carbonyl (C=O) groups is 3. The number of benzene rings is 2. The Morgan fingerprint density at radius 2 is 1.62 bits per heavy atom. The van der Waals surface area contributed by atoms with Crippen LogP contribution in [0.2, 0.25) is 5.02 Å². The summed E-state index contributed by atoms with van der Waals surface area (Å²) in [6.07, 6.45) is -5.54. The molecule has 170 valence electrons. The monoisotopic (exact) mass is 490 g/mol. The lowest BCUT2D eigenvalue weighted by atomic mass is 10.1. The summed E-state index contributed by atoms with van der Waals surface area (Å²) in [5, 5.41) is 3.98. The lowest BCUT2D eigenvalue weighted by Crippen LogP contribution is -2.69. The van der Waals surface area contributed by atoms with Gasteiger partial charge in [0.05, 0.1) is 10.6 Å². The number of imide groups is 1. The number of anilines is 2. The first-order valence-electron chi connectivity index (χ1n) is 8.67. The van der Waals surface area contributed by atoms with E-state index in [1.165, 1.54) is 29.1 Å². The van der Waals surface area contributed by atoms with Gasteiger partial charge in [-0.05, 0) is 48.5 Å². The van der Waals surface area contributed by atoms with Crippen LogP contribution in [-0.4, -0.2) is 38.1 Å². The smallest absolute Gasteiger partial charge is 0.326 e. The summed E-state index contributed by atoms with van der Waals surface area (Å²) in [5.74, 6) is -2.34. The van der Waals surface area contributed by atoms with Crippen molar-refractivity contribution in [3.8, 4) is 0 Å². The van der Waals surface area contributed by atoms with E-state index in [-0.39, 0.29) is 21.3 Å². The molecule has 1 atom stereocenters. The Morgan fingerprint density at radius 3 is 2.12 bits per heavy atom. The van der Waals surface area contributed by atoms with E-state index in [0.29, 0.717) is 0 Å². The summed E-state index contributed by atoms with van der Waals surface area (Å²) in [5.41, 5.74) is -4.00. The minimum atomic E-state index is -5.54. The summed E-state index contributed by atoms with van der Waals surface area (Å²) < 4.78 is 68.6. The molecule has 1 heterocycles. The highest BCUT2D eigenvalue weighted by atomic mass is 35.5.